The van der Waals surface area contributed by atoms with Gasteiger partial charge in [0.25, 0.3) is 0 Å². The lowest BCUT2D eigenvalue weighted by atomic mass is 9.97. The van der Waals surface area contributed by atoms with E-state index in [1.54, 1.807) is 7.11 Å². The van der Waals surface area contributed by atoms with Crippen LogP contribution in [0.2, 0.25) is 0 Å². The van der Waals surface area contributed by atoms with Gasteiger partial charge < -0.3 is 14.9 Å². The number of aliphatic hydroxyl groups excluding tert-OH is 1. The van der Waals surface area contributed by atoms with Crippen LogP contribution in [0, 0.1) is 13.8 Å². The normalized spacial score (nSPS) is 14.6. The number of hydrogen-bond acceptors (Lipinski definition) is 7. The Morgan fingerprint density at radius 1 is 1.03 bits per heavy atom. The first kappa shape index (κ1) is 22.9. The maximum Gasteiger partial charge on any atom is 0.306 e. The molecule has 0 fully saturated rings. The predicted molar refractivity (Wildman–Crippen MR) is 134 cm³/mol. The van der Waals surface area contributed by atoms with Crippen molar-refractivity contribution in [3.05, 3.63) is 81.7 Å². The second-order valence-corrected chi connectivity index (χ2v) is 9.41. The van der Waals surface area contributed by atoms with Gasteiger partial charge >= 0.3 is 5.97 Å². The molecular formula is C26H24N4O4S. The van der Waals surface area contributed by atoms with Crippen molar-refractivity contribution in [1.29, 1.82) is 0 Å². The molecule has 4 aromatic rings. The van der Waals surface area contributed by atoms with Gasteiger partial charge in [0.1, 0.15) is 22.6 Å². The number of methoxy groups -OCH3 is 1. The summed E-state index contributed by atoms with van der Waals surface area (Å²) in [6.07, 6.45) is -0.202. The Morgan fingerprint density at radius 2 is 1.66 bits per heavy atom. The molecule has 0 saturated heterocycles. The highest BCUT2D eigenvalue weighted by Crippen LogP contribution is 2.40. The Bertz CT molecular complexity index is 1440. The Labute approximate surface area is 206 Å². The molecule has 2 N–H and O–H groups in total. The van der Waals surface area contributed by atoms with E-state index in [-0.39, 0.29) is 13.0 Å². The number of aliphatic imine (C=N–C) groups is 1. The molecule has 0 aliphatic carbocycles. The molecule has 0 saturated carbocycles. The number of aromatic nitrogens is 3. The first-order chi connectivity index (χ1) is 16.9. The van der Waals surface area contributed by atoms with E-state index >= 15 is 0 Å². The summed E-state index contributed by atoms with van der Waals surface area (Å²) < 4.78 is 7.13. The van der Waals surface area contributed by atoms with Crippen molar-refractivity contribution in [2.75, 3.05) is 7.11 Å². The molecule has 0 unspecified atom stereocenters. The number of rotatable bonds is 6. The van der Waals surface area contributed by atoms with Gasteiger partial charge in [-0.1, -0.05) is 36.4 Å². The average Bonchev–Trinajstić information content (AvgIpc) is 3.36. The molecule has 1 aliphatic rings. The molecule has 0 bridgehead atoms. The smallest absolute Gasteiger partial charge is 0.306 e. The summed E-state index contributed by atoms with van der Waals surface area (Å²) in [6.45, 7) is 3.70. The van der Waals surface area contributed by atoms with E-state index in [0.29, 0.717) is 17.4 Å². The standard InChI is InChI=1S/C26H24N4O4S/c1-14-21(13-31)35-26-23(14)24(27-20(12-22(32)33)25-29-28-15(2)30(25)26)18-6-4-16(5-7-18)17-8-10-19(34-3)11-9-17/h4-11,20,31H,12-13H2,1-3H3,(H,32,33)/t20-/m0/s1. The van der Waals surface area contributed by atoms with Gasteiger partial charge in [-0.2, -0.15) is 0 Å². The van der Waals surface area contributed by atoms with E-state index in [4.69, 9.17) is 9.73 Å². The van der Waals surface area contributed by atoms with Crippen LogP contribution in [0.15, 0.2) is 53.5 Å². The highest BCUT2D eigenvalue weighted by atomic mass is 32.1. The van der Waals surface area contributed by atoms with Gasteiger partial charge in [0.05, 0.1) is 25.8 Å². The first-order valence-electron chi connectivity index (χ1n) is 11.1. The third kappa shape index (κ3) is 4.02. The number of ether oxygens (including phenoxy) is 1. The molecule has 2 aromatic heterocycles. The maximum atomic E-state index is 11.7. The Kier molecular flexibility index (Phi) is 5.96. The number of aryl methyl sites for hydroxylation is 1. The highest BCUT2D eigenvalue weighted by Gasteiger charge is 2.32. The molecule has 0 spiro atoms. The zero-order chi connectivity index (χ0) is 24.7. The second kappa shape index (κ2) is 9.09. The van der Waals surface area contributed by atoms with Gasteiger partial charge in [0.2, 0.25) is 0 Å². The molecule has 1 aliphatic heterocycles. The van der Waals surface area contributed by atoms with Crippen molar-refractivity contribution in [3.8, 4) is 21.9 Å². The Hall–Kier alpha value is -3.82. The second-order valence-electron chi connectivity index (χ2n) is 8.33. The maximum absolute atomic E-state index is 11.7. The number of carbonyl (C=O) groups is 1. The summed E-state index contributed by atoms with van der Waals surface area (Å²) in [6, 6.07) is 15.2. The summed E-state index contributed by atoms with van der Waals surface area (Å²) in [5.41, 5.74) is 5.43. The first-order valence-corrected chi connectivity index (χ1v) is 11.9. The van der Waals surface area contributed by atoms with E-state index in [0.717, 1.165) is 43.4 Å². The summed E-state index contributed by atoms with van der Waals surface area (Å²) in [5.74, 6) is 0.971. The Morgan fingerprint density at radius 3 is 2.26 bits per heavy atom. The van der Waals surface area contributed by atoms with Crippen LogP contribution >= 0.6 is 11.3 Å². The lowest BCUT2D eigenvalue weighted by molar-refractivity contribution is -0.137. The van der Waals surface area contributed by atoms with Gasteiger partial charge in [-0.05, 0) is 42.7 Å². The number of nitrogens with zero attached hydrogens (tertiary/aromatic N) is 4. The third-order valence-electron chi connectivity index (χ3n) is 6.19. The number of fused-ring (bicyclic) bond motifs is 3. The van der Waals surface area contributed by atoms with Crippen LogP contribution < -0.4 is 4.74 Å². The van der Waals surface area contributed by atoms with Gasteiger partial charge in [0, 0.05) is 16.0 Å². The van der Waals surface area contributed by atoms with Crippen molar-refractivity contribution < 1.29 is 19.7 Å². The van der Waals surface area contributed by atoms with Crippen molar-refractivity contribution >= 4 is 23.0 Å². The highest BCUT2D eigenvalue weighted by molar-refractivity contribution is 7.15. The number of aliphatic carboxylic acids is 1. The number of carboxylic acid groups (broad SMARTS) is 1. The SMILES string of the molecule is COc1ccc(-c2ccc(C3=N[C@@H](CC(=O)O)c4nnc(C)n4-c4sc(CO)c(C)c43)cc2)cc1. The summed E-state index contributed by atoms with van der Waals surface area (Å²) in [7, 11) is 1.64. The molecule has 1 atom stereocenters. The minimum absolute atomic E-state index is 0.0950. The number of aliphatic hydroxyl groups is 1. The lowest BCUT2D eigenvalue weighted by Gasteiger charge is -2.12. The van der Waals surface area contributed by atoms with Crippen LogP contribution in [0.1, 0.15) is 45.7 Å². The van der Waals surface area contributed by atoms with Crippen LogP contribution in [0.3, 0.4) is 0 Å². The third-order valence-corrected chi connectivity index (χ3v) is 7.45. The van der Waals surface area contributed by atoms with Crippen LogP contribution in [0.5, 0.6) is 5.75 Å². The lowest BCUT2D eigenvalue weighted by Crippen LogP contribution is -2.10. The molecule has 3 heterocycles. The number of carboxylic acids is 1. The predicted octanol–water partition coefficient (Wildman–Crippen LogP) is 4.48. The molecule has 0 amide bonds. The average molecular weight is 489 g/mol. The fourth-order valence-electron chi connectivity index (χ4n) is 4.38. The van der Waals surface area contributed by atoms with Crippen molar-refractivity contribution in [1.82, 2.24) is 14.8 Å². The minimum atomic E-state index is -0.960. The monoisotopic (exact) mass is 488 g/mol. The topological polar surface area (TPSA) is 110 Å². The fourth-order valence-corrected chi connectivity index (χ4v) is 5.60. The molecule has 8 nitrogen and oxygen atoms in total. The minimum Gasteiger partial charge on any atom is -0.497 e. The van der Waals surface area contributed by atoms with Gasteiger partial charge in [-0.3, -0.25) is 14.4 Å². The van der Waals surface area contributed by atoms with Crippen molar-refractivity contribution in [2.24, 2.45) is 4.99 Å². The van der Waals surface area contributed by atoms with Gasteiger partial charge in [-0.25, -0.2) is 0 Å². The Balaban J connectivity index is 1.66. The zero-order valence-corrected chi connectivity index (χ0v) is 20.3. The summed E-state index contributed by atoms with van der Waals surface area (Å²) >= 11 is 1.45. The van der Waals surface area contributed by atoms with Gasteiger partial charge in [-0.15, -0.1) is 21.5 Å². The molecular weight excluding hydrogens is 464 g/mol. The number of hydrogen-bond donors (Lipinski definition) is 2. The molecule has 9 heteroatoms. The fraction of sp³-hybridized carbons (Fsp3) is 0.231. The molecule has 178 valence electrons. The van der Waals surface area contributed by atoms with Gasteiger partial charge in [0.15, 0.2) is 5.82 Å². The largest absolute Gasteiger partial charge is 0.497 e. The number of thiophene rings is 1. The zero-order valence-electron chi connectivity index (χ0n) is 19.5. The molecule has 2 aromatic carbocycles. The van der Waals surface area contributed by atoms with Crippen LogP contribution in [-0.2, 0) is 11.4 Å². The summed E-state index contributed by atoms with van der Waals surface area (Å²) in [5, 5.41) is 28.9. The molecule has 5 rings (SSSR count). The quantitative estimate of drug-likeness (QED) is 0.414. The summed E-state index contributed by atoms with van der Waals surface area (Å²) in [4.78, 5) is 17.5. The van der Waals surface area contributed by atoms with Crippen LogP contribution in [0.25, 0.3) is 16.1 Å². The number of benzene rings is 2. The van der Waals surface area contributed by atoms with E-state index < -0.39 is 12.0 Å². The molecule has 0 radical (unpaired) electrons. The van der Waals surface area contributed by atoms with Crippen LogP contribution in [-0.4, -0.2) is 43.8 Å². The van der Waals surface area contributed by atoms with Crippen LogP contribution in [0.4, 0.5) is 0 Å². The van der Waals surface area contributed by atoms with Crippen molar-refractivity contribution in [3.63, 3.8) is 0 Å². The van der Waals surface area contributed by atoms with E-state index in [1.165, 1.54) is 11.3 Å². The van der Waals surface area contributed by atoms with Crippen molar-refractivity contribution in [2.45, 2.75) is 32.9 Å². The van der Waals surface area contributed by atoms with E-state index in [2.05, 4.69) is 10.2 Å². The van der Waals surface area contributed by atoms with E-state index in [1.807, 2.05) is 66.9 Å². The molecule has 35 heavy (non-hydrogen) atoms. The van der Waals surface area contributed by atoms with E-state index in [9.17, 15) is 15.0 Å².